The fourth-order valence-corrected chi connectivity index (χ4v) is 3.85. The molecule has 1 unspecified atom stereocenters. The van der Waals surface area contributed by atoms with Gasteiger partial charge in [-0.3, -0.25) is 4.79 Å². The molecule has 0 aliphatic heterocycles. The molecule has 3 aromatic heterocycles. The number of Topliss-reactive ketones (excluding diaryl/α,β-unsaturated/α-hetero) is 1. The van der Waals surface area contributed by atoms with Gasteiger partial charge in [-0.25, -0.2) is 4.68 Å². The van der Waals surface area contributed by atoms with Gasteiger partial charge in [0.1, 0.15) is 24.5 Å². The predicted molar refractivity (Wildman–Crippen MR) is 118 cm³/mol. The van der Waals surface area contributed by atoms with Crippen molar-refractivity contribution >= 4 is 16.8 Å². The predicted octanol–water partition coefficient (Wildman–Crippen LogP) is 4.41. The highest BCUT2D eigenvalue weighted by Gasteiger charge is 2.36. The lowest BCUT2D eigenvalue weighted by Crippen LogP contribution is -2.17. The summed E-state index contributed by atoms with van der Waals surface area (Å²) in [4.78, 5) is 16.7. The van der Waals surface area contributed by atoms with Gasteiger partial charge in [0.15, 0.2) is 11.4 Å². The summed E-state index contributed by atoms with van der Waals surface area (Å²) in [5, 5.41) is 12.0. The number of hydrogen-bond acceptors (Lipinski definition) is 6. The van der Waals surface area contributed by atoms with E-state index in [0.29, 0.717) is 17.9 Å². The number of aromatic nitrogens is 6. The maximum atomic E-state index is 14.0. The summed E-state index contributed by atoms with van der Waals surface area (Å²) in [6, 6.07) is 9.42. The van der Waals surface area contributed by atoms with Crippen LogP contribution in [-0.4, -0.2) is 41.9 Å². The molecule has 1 atom stereocenters. The van der Waals surface area contributed by atoms with E-state index in [9.17, 15) is 18.0 Å². The van der Waals surface area contributed by atoms with Crippen molar-refractivity contribution in [1.82, 2.24) is 29.5 Å². The fourth-order valence-electron chi connectivity index (χ4n) is 3.85. The number of alkyl halides is 3. The summed E-state index contributed by atoms with van der Waals surface area (Å²) in [6.07, 6.45) is -2.98. The number of pyridine rings is 1. The molecule has 8 nitrogen and oxygen atoms in total. The number of carbonyl (C=O) groups is 1. The summed E-state index contributed by atoms with van der Waals surface area (Å²) in [6.45, 7) is 4.02. The summed E-state index contributed by atoms with van der Waals surface area (Å²) in [5.74, 6) is -0.132. The number of hydrogen-bond donors (Lipinski definition) is 0. The average Bonchev–Trinajstić information content (AvgIpc) is 3.42. The number of benzene rings is 1. The molecule has 0 aliphatic rings. The van der Waals surface area contributed by atoms with E-state index < -0.39 is 18.3 Å². The third-order valence-corrected chi connectivity index (χ3v) is 5.46. The molecule has 3 heterocycles. The van der Waals surface area contributed by atoms with Crippen molar-refractivity contribution in [1.29, 1.82) is 0 Å². The van der Waals surface area contributed by atoms with Crippen LogP contribution in [0.25, 0.3) is 22.3 Å². The van der Waals surface area contributed by atoms with Crippen LogP contribution in [0.15, 0.2) is 42.7 Å². The highest BCUT2D eigenvalue weighted by Crippen LogP contribution is 2.40. The number of ether oxygens (including phenoxy) is 1. The maximum Gasteiger partial charge on any atom is 0.417 e. The molecule has 0 saturated heterocycles. The summed E-state index contributed by atoms with van der Waals surface area (Å²) < 4.78 is 50.5. The molecule has 0 saturated carbocycles. The fraction of sp³-hybridized carbons (Fsp3) is 0.348. The first kappa shape index (κ1) is 23.4. The van der Waals surface area contributed by atoms with Gasteiger partial charge >= 0.3 is 6.18 Å². The second-order valence-corrected chi connectivity index (χ2v) is 7.95. The molecule has 0 aliphatic carbocycles. The Morgan fingerprint density at radius 2 is 1.94 bits per heavy atom. The van der Waals surface area contributed by atoms with Crippen molar-refractivity contribution in [2.75, 3.05) is 6.61 Å². The van der Waals surface area contributed by atoms with E-state index in [1.165, 1.54) is 11.7 Å². The van der Waals surface area contributed by atoms with Crippen LogP contribution in [0.5, 0.6) is 5.88 Å². The van der Waals surface area contributed by atoms with E-state index in [0.717, 1.165) is 6.07 Å². The second-order valence-electron chi connectivity index (χ2n) is 7.95. The van der Waals surface area contributed by atoms with Crippen LogP contribution < -0.4 is 4.74 Å². The highest BCUT2D eigenvalue weighted by molar-refractivity contribution is 5.94. The van der Waals surface area contributed by atoms with Gasteiger partial charge in [0.25, 0.3) is 0 Å². The lowest BCUT2D eigenvalue weighted by Gasteiger charge is -2.13. The van der Waals surface area contributed by atoms with Crippen molar-refractivity contribution < 1.29 is 22.7 Å². The zero-order chi connectivity index (χ0) is 24.5. The Bertz CT molecular complexity index is 1310. The Hall–Kier alpha value is -3.76. The smallest absolute Gasteiger partial charge is 0.417 e. The molecule has 4 aromatic rings. The largest absolute Gasteiger partial charge is 0.470 e. The zero-order valence-electron chi connectivity index (χ0n) is 18.9. The van der Waals surface area contributed by atoms with Gasteiger partial charge in [-0.05, 0) is 6.92 Å². The van der Waals surface area contributed by atoms with Crippen LogP contribution in [0.4, 0.5) is 13.2 Å². The minimum Gasteiger partial charge on any atom is -0.470 e. The molecule has 11 heteroatoms. The highest BCUT2D eigenvalue weighted by atomic mass is 19.4. The number of carbonyl (C=O) groups excluding carboxylic acids is 1. The van der Waals surface area contributed by atoms with Crippen LogP contribution in [0.3, 0.4) is 0 Å². The molecule has 0 N–H and O–H groups in total. The van der Waals surface area contributed by atoms with Crippen LogP contribution in [0.2, 0.25) is 0 Å². The van der Waals surface area contributed by atoms with Crippen LogP contribution in [0, 0.1) is 0 Å². The van der Waals surface area contributed by atoms with Gasteiger partial charge in [0.05, 0.1) is 10.9 Å². The molecule has 178 valence electrons. The zero-order valence-corrected chi connectivity index (χ0v) is 18.9. The van der Waals surface area contributed by atoms with Crippen molar-refractivity contribution in [2.24, 2.45) is 7.05 Å². The Morgan fingerprint density at radius 3 is 2.62 bits per heavy atom. The van der Waals surface area contributed by atoms with E-state index in [1.54, 1.807) is 36.7 Å². The van der Waals surface area contributed by atoms with Crippen molar-refractivity contribution in [3.8, 4) is 17.1 Å². The third kappa shape index (κ3) is 4.63. The molecule has 1 aromatic carbocycles. The SMILES string of the molecule is CCn1cnnc1C(C)CC(=O)COc1cc(C(F)(F)F)c2c(-c3ccccc3)nn(C)c2n1. The molecular formula is C23H23F3N6O2. The number of fused-ring (bicyclic) bond motifs is 1. The van der Waals surface area contributed by atoms with E-state index >= 15 is 0 Å². The van der Waals surface area contributed by atoms with Crippen LogP contribution in [-0.2, 0) is 24.6 Å². The number of rotatable bonds is 8. The first-order chi connectivity index (χ1) is 16.2. The van der Waals surface area contributed by atoms with Gasteiger partial charge in [-0.1, -0.05) is 37.3 Å². The molecular weight excluding hydrogens is 449 g/mol. The number of ketones is 1. The van der Waals surface area contributed by atoms with Crippen LogP contribution >= 0.6 is 0 Å². The van der Waals surface area contributed by atoms with E-state index in [2.05, 4.69) is 20.3 Å². The summed E-state index contributed by atoms with van der Waals surface area (Å²) >= 11 is 0. The topological polar surface area (TPSA) is 87.7 Å². The average molecular weight is 472 g/mol. The molecule has 4 rings (SSSR count). The normalized spacial score (nSPS) is 12.8. The van der Waals surface area contributed by atoms with Gasteiger partial charge < -0.3 is 9.30 Å². The van der Waals surface area contributed by atoms with Gasteiger partial charge in [0, 0.05) is 37.6 Å². The third-order valence-electron chi connectivity index (χ3n) is 5.46. The number of halogens is 3. The minimum absolute atomic E-state index is 0.0144. The molecule has 0 amide bonds. The summed E-state index contributed by atoms with van der Waals surface area (Å²) in [7, 11) is 1.52. The van der Waals surface area contributed by atoms with Crippen molar-refractivity contribution in [2.45, 2.75) is 38.9 Å². The first-order valence-electron chi connectivity index (χ1n) is 10.7. The molecule has 0 fully saturated rings. The lowest BCUT2D eigenvalue weighted by molar-refractivity contribution is -0.136. The quantitative estimate of drug-likeness (QED) is 0.378. The van der Waals surface area contributed by atoms with E-state index in [1.807, 2.05) is 18.4 Å². The molecule has 34 heavy (non-hydrogen) atoms. The number of nitrogens with zero attached hydrogens (tertiary/aromatic N) is 6. The molecule has 0 spiro atoms. The van der Waals surface area contributed by atoms with Crippen molar-refractivity contribution in [3.05, 3.63) is 54.1 Å². The minimum atomic E-state index is -4.67. The maximum absolute atomic E-state index is 14.0. The Morgan fingerprint density at radius 1 is 1.21 bits per heavy atom. The van der Waals surface area contributed by atoms with Gasteiger partial charge in [0.2, 0.25) is 5.88 Å². The van der Waals surface area contributed by atoms with Crippen molar-refractivity contribution in [3.63, 3.8) is 0 Å². The van der Waals surface area contributed by atoms with Gasteiger partial charge in [-0.15, -0.1) is 10.2 Å². The van der Waals surface area contributed by atoms with Gasteiger partial charge in [-0.2, -0.15) is 23.3 Å². The second kappa shape index (κ2) is 9.24. The van der Waals surface area contributed by atoms with Crippen LogP contribution in [0.1, 0.15) is 37.6 Å². The monoisotopic (exact) mass is 472 g/mol. The lowest BCUT2D eigenvalue weighted by atomic mass is 10.0. The standard InChI is InChI=1S/C23H23F3N6O2/c1-4-32-13-27-29-21(32)14(2)10-16(33)12-34-18-11-17(23(24,25)26)19-20(15-8-6-5-7-9-15)30-31(3)22(19)28-18/h5-9,11,13-14H,4,10,12H2,1-3H3. The van der Waals surface area contributed by atoms with E-state index in [-0.39, 0.29) is 40.7 Å². The number of aryl methyl sites for hydroxylation is 2. The Labute approximate surface area is 193 Å². The summed E-state index contributed by atoms with van der Waals surface area (Å²) in [5.41, 5.74) is -0.190. The molecule has 0 radical (unpaired) electrons. The Balaban J connectivity index is 1.60. The Kier molecular flexibility index (Phi) is 6.36. The van der Waals surface area contributed by atoms with E-state index in [4.69, 9.17) is 4.74 Å². The molecule has 0 bridgehead atoms. The first-order valence-corrected chi connectivity index (χ1v) is 10.7.